The highest BCUT2D eigenvalue weighted by Gasteiger charge is 2.27. The van der Waals surface area contributed by atoms with Crippen molar-refractivity contribution in [2.45, 2.75) is 46.1 Å². The van der Waals surface area contributed by atoms with Gasteiger partial charge in [-0.05, 0) is 31.2 Å². The standard InChI is InChI=1S/C18H23N5O.C4H6/c1-11-5-4-6-15(13(11)3)22-18-20-8-7-16(23-18)14(9-19)17-21-12(2)10-24-17;1-3-4-2/h7-8,10-11,13,15,21H,4-6H2,1-3H3,(H,20,22,23);3-4H,1-2H2/b17-14-;. The van der Waals surface area contributed by atoms with Crippen LogP contribution in [-0.4, -0.2) is 16.0 Å². The Bertz CT molecular complexity index is 799. The van der Waals surface area contributed by atoms with E-state index in [0.717, 1.165) is 12.1 Å². The molecule has 3 rings (SSSR count). The first-order valence-electron chi connectivity index (χ1n) is 9.58. The first-order chi connectivity index (χ1) is 13.5. The molecule has 6 nitrogen and oxygen atoms in total. The van der Waals surface area contributed by atoms with Crippen molar-refractivity contribution in [3.8, 4) is 6.07 Å². The number of nitrogens with one attached hydrogen (secondary N) is 2. The second-order valence-corrected chi connectivity index (χ2v) is 7.11. The molecular formula is C22H29N5O. The van der Waals surface area contributed by atoms with E-state index in [1.165, 1.54) is 12.8 Å². The summed E-state index contributed by atoms with van der Waals surface area (Å²) in [6.45, 7) is 13.2. The fraction of sp³-hybridized carbons (Fsp3) is 0.409. The molecule has 3 unspecified atom stereocenters. The second-order valence-electron chi connectivity index (χ2n) is 7.11. The SMILES string of the molecule is C=CC=C.CC1=CO/C(=C(/C#N)c2ccnc(NC3CCCC(C)C3C)n2)N1. The Morgan fingerprint density at radius 2 is 2.11 bits per heavy atom. The number of rotatable bonds is 4. The van der Waals surface area contributed by atoms with Crippen LogP contribution in [0.15, 0.2) is 55.4 Å². The zero-order valence-corrected chi connectivity index (χ0v) is 16.9. The lowest BCUT2D eigenvalue weighted by Gasteiger charge is -2.34. The fourth-order valence-electron chi connectivity index (χ4n) is 3.25. The molecule has 2 heterocycles. The van der Waals surface area contributed by atoms with Gasteiger partial charge in [0.1, 0.15) is 17.9 Å². The van der Waals surface area contributed by atoms with Crippen molar-refractivity contribution in [1.82, 2.24) is 15.3 Å². The van der Waals surface area contributed by atoms with Crippen LogP contribution in [0.4, 0.5) is 5.95 Å². The number of nitrogens with zero attached hydrogens (tertiary/aromatic N) is 3. The summed E-state index contributed by atoms with van der Waals surface area (Å²) in [7, 11) is 0. The number of nitriles is 1. The first kappa shape index (κ1) is 21.2. The Morgan fingerprint density at radius 1 is 1.36 bits per heavy atom. The fourth-order valence-corrected chi connectivity index (χ4v) is 3.25. The molecule has 1 aromatic rings. The van der Waals surface area contributed by atoms with E-state index in [2.05, 4.69) is 53.7 Å². The van der Waals surface area contributed by atoms with Crippen molar-refractivity contribution < 1.29 is 4.74 Å². The van der Waals surface area contributed by atoms with E-state index in [1.807, 2.05) is 6.92 Å². The Balaban J connectivity index is 0.000000640. The minimum atomic E-state index is 0.368. The summed E-state index contributed by atoms with van der Waals surface area (Å²) < 4.78 is 5.40. The lowest BCUT2D eigenvalue weighted by Crippen LogP contribution is -2.35. The van der Waals surface area contributed by atoms with Gasteiger partial charge in [-0.2, -0.15) is 5.26 Å². The molecule has 1 aliphatic carbocycles. The van der Waals surface area contributed by atoms with Gasteiger partial charge in [-0.1, -0.05) is 52.0 Å². The number of allylic oxidation sites excluding steroid dienone is 4. The van der Waals surface area contributed by atoms with Crippen LogP contribution in [0.25, 0.3) is 5.57 Å². The highest BCUT2D eigenvalue weighted by atomic mass is 16.5. The van der Waals surface area contributed by atoms with Gasteiger partial charge in [0.05, 0.1) is 11.4 Å². The van der Waals surface area contributed by atoms with Crippen LogP contribution >= 0.6 is 0 Å². The van der Waals surface area contributed by atoms with Crippen LogP contribution in [0, 0.1) is 23.2 Å². The molecule has 1 aliphatic heterocycles. The summed E-state index contributed by atoms with van der Waals surface area (Å²) >= 11 is 0. The first-order valence-corrected chi connectivity index (χ1v) is 9.58. The van der Waals surface area contributed by atoms with Crippen molar-refractivity contribution in [3.63, 3.8) is 0 Å². The van der Waals surface area contributed by atoms with E-state index < -0.39 is 0 Å². The zero-order chi connectivity index (χ0) is 20.5. The average Bonchev–Trinajstić information content (AvgIpc) is 3.12. The normalized spacial score (nSPS) is 24.9. The maximum absolute atomic E-state index is 9.48. The third kappa shape index (κ3) is 5.46. The lowest BCUT2D eigenvalue weighted by molar-refractivity contribution is 0.252. The van der Waals surface area contributed by atoms with E-state index >= 15 is 0 Å². The monoisotopic (exact) mass is 379 g/mol. The number of anilines is 1. The zero-order valence-electron chi connectivity index (χ0n) is 16.9. The van der Waals surface area contributed by atoms with E-state index in [-0.39, 0.29) is 0 Å². The molecular weight excluding hydrogens is 350 g/mol. The van der Waals surface area contributed by atoms with Crippen LogP contribution in [-0.2, 0) is 4.74 Å². The maximum Gasteiger partial charge on any atom is 0.223 e. The summed E-state index contributed by atoms with van der Waals surface area (Å²) in [5.74, 6) is 2.25. The van der Waals surface area contributed by atoms with Crippen molar-refractivity contribution in [2.75, 3.05) is 5.32 Å². The smallest absolute Gasteiger partial charge is 0.223 e. The van der Waals surface area contributed by atoms with Crippen LogP contribution in [0.1, 0.15) is 45.7 Å². The number of hydrogen-bond acceptors (Lipinski definition) is 6. The molecule has 3 atom stereocenters. The topological polar surface area (TPSA) is 82.9 Å². The van der Waals surface area contributed by atoms with Gasteiger partial charge in [0.15, 0.2) is 0 Å². The van der Waals surface area contributed by atoms with Gasteiger partial charge in [0, 0.05) is 12.2 Å². The van der Waals surface area contributed by atoms with Gasteiger partial charge in [-0.3, -0.25) is 0 Å². The molecule has 0 bridgehead atoms. The van der Waals surface area contributed by atoms with Gasteiger partial charge in [0.25, 0.3) is 0 Å². The van der Waals surface area contributed by atoms with Gasteiger partial charge in [-0.15, -0.1) is 0 Å². The van der Waals surface area contributed by atoms with Gasteiger partial charge >= 0.3 is 0 Å². The second kappa shape index (κ2) is 10.3. The molecule has 0 amide bonds. The molecule has 2 N–H and O–H groups in total. The van der Waals surface area contributed by atoms with Crippen molar-refractivity contribution >= 4 is 11.5 Å². The largest absolute Gasteiger partial charge is 0.445 e. The third-order valence-corrected chi connectivity index (χ3v) is 5.10. The van der Waals surface area contributed by atoms with Crippen LogP contribution in [0.3, 0.4) is 0 Å². The number of ether oxygens (including phenoxy) is 1. The highest BCUT2D eigenvalue weighted by Crippen LogP contribution is 2.31. The highest BCUT2D eigenvalue weighted by molar-refractivity contribution is 5.76. The van der Waals surface area contributed by atoms with Crippen molar-refractivity contribution in [3.05, 3.63) is 61.1 Å². The summed E-state index contributed by atoms with van der Waals surface area (Å²) in [5, 5.41) is 16.0. The molecule has 1 aromatic heterocycles. The summed E-state index contributed by atoms with van der Waals surface area (Å²) in [4.78, 5) is 8.84. The molecule has 1 fully saturated rings. The Hall–Kier alpha value is -3.07. The molecule has 6 heteroatoms. The minimum Gasteiger partial charge on any atom is -0.445 e. The summed E-state index contributed by atoms with van der Waals surface area (Å²) in [6, 6.07) is 4.26. The van der Waals surface area contributed by atoms with Gasteiger partial charge in [-0.25, -0.2) is 9.97 Å². The Kier molecular flexibility index (Phi) is 7.82. The summed E-state index contributed by atoms with van der Waals surface area (Å²) in [6.07, 6.45) is 10.2. The molecule has 0 spiro atoms. The van der Waals surface area contributed by atoms with E-state index in [0.29, 0.717) is 41.0 Å². The van der Waals surface area contributed by atoms with Gasteiger partial charge < -0.3 is 15.4 Å². The van der Waals surface area contributed by atoms with Crippen molar-refractivity contribution in [2.24, 2.45) is 11.8 Å². The molecule has 28 heavy (non-hydrogen) atoms. The van der Waals surface area contributed by atoms with Crippen LogP contribution in [0.5, 0.6) is 0 Å². The molecule has 0 radical (unpaired) electrons. The number of hydrogen-bond donors (Lipinski definition) is 2. The van der Waals surface area contributed by atoms with E-state index in [9.17, 15) is 5.26 Å². The minimum absolute atomic E-state index is 0.368. The van der Waals surface area contributed by atoms with E-state index in [4.69, 9.17) is 4.74 Å². The number of aromatic nitrogens is 2. The molecule has 0 saturated heterocycles. The van der Waals surface area contributed by atoms with Crippen LogP contribution in [0.2, 0.25) is 0 Å². The molecule has 1 saturated carbocycles. The molecule has 0 aromatic carbocycles. The summed E-state index contributed by atoms with van der Waals surface area (Å²) in [5.41, 5.74) is 1.78. The Morgan fingerprint density at radius 3 is 2.71 bits per heavy atom. The quantitative estimate of drug-likeness (QED) is 0.580. The Labute approximate surface area is 167 Å². The predicted molar refractivity (Wildman–Crippen MR) is 113 cm³/mol. The van der Waals surface area contributed by atoms with Gasteiger partial charge in [0.2, 0.25) is 11.8 Å². The van der Waals surface area contributed by atoms with Crippen molar-refractivity contribution in [1.29, 1.82) is 5.26 Å². The van der Waals surface area contributed by atoms with E-state index in [1.54, 1.807) is 30.7 Å². The third-order valence-electron chi connectivity index (χ3n) is 5.10. The average molecular weight is 380 g/mol. The van der Waals surface area contributed by atoms with Crippen LogP contribution < -0.4 is 10.6 Å². The maximum atomic E-state index is 9.48. The lowest BCUT2D eigenvalue weighted by atomic mass is 9.78. The molecule has 148 valence electrons. The predicted octanol–water partition coefficient (Wildman–Crippen LogP) is 4.74. The molecule has 2 aliphatic rings.